The first-order chi connectivity index (χ1) is 12.0. The van der Waals surface area contributed by atoms with E-state index < -0.39 is 0 Å². The van der Waals surface area contributed by atoms with Gasteiger partial charge in [0.1, 0.15) is 5.60 Å². The van der Waals surface area contributed by atoms with Gasteiger partial charge in [-0.05, 0) is 73.3 Å². The third kappa shape index (κ3) is 1.64. The molecule has 0 aromatic rings. The van der Waals surface area contributed by atoms with E-state index in [0.717, 1.165) is 25.2 Å². The normalized spacial score (nSPS) is 55.2. The highest BCUT2D eigenvalue weighted by atomic mass is 16.6. The summed E-state index contributed by atoms with van der Waals surface area (Å²) in [7, 11) is 0. The summed E-state index contributed by atoms with van der Waals surface area (Å²) in [5.74, 6) is 4.25. The molecule has 1 spiro atoms. The first-order valence-electron chi connectivity index (χ1n) is 10.2. The zero-order valence-corrected chi connectivity index (χ0v) is 14.9. The molecule has 8 atom stereocenters. The third-order valence-electron chi connectivity index (χ3n) is 8.99. The standard InChI is InChI=1S/C22H26O3/c1-21-8-6-15-14-5-3-13(23)10-12(14)2-4-16(15)20(21)17-11-18(17)22(21)9-7-19(24)25-22/h2,4,10,14-18,20H,3,5-9,11H2,1H3/t14?,15?,16?,17-,18+,20?,21-,22?/m0/s1. The van der Waals surface area contributed by atoms with Gasteiger partial charge in [-0.25, -0.2) is 0 Å². The van der Waals surface area contributed by atoms with Gasteiger partial charge in [0.05, 0.1) is 0 Å². The molecule has 25 heavy (non-hydrogen) atoms. The molecule has 3 heteroatoms. The highest BCUT2D eigenvalue weighted by Gasteiger charge is 2.78. The summed E-state index contributed by atoms with van der Waals surface area (Å²) in [5.41, 5.74) is 1.29. The number of carbonyl (C=O) groups excluding carboxylic acids is 2. The van der Waals surface area contributed by atoms with Crippen molar-refractivity contribution in [1.29, 1.82) is 0 Å². The number of hydrogen-bond donors (Lipinski definition) is 0. The Hall–Kier alpha value is -1.38. The summed E-state index contributed by atoms with van der Waals surface area (Å²) in [6, 6.07) is 0. The smallest absolute Gasteiger partial charge is 0.306 e. The maximum atomic E-state index is 12.0. The van der Waals surface area contributed by atoms with Crippen molar-refractivity contribution in [1.82, 2.24) is 0 Å². The fourth-order valence-electron chi connectivity index (χ4n) is 8.01. The van der Waals surface area contributed by atoms with E-state index in [1.165, 1.54) is 24.8 Å². The van der Waals surface area contributed by atoms with Crippen LogP contribution < -0.4 is 0 Å². The summed E-state index contributed by atoms with van der Waals surface area (Å²) in [5, 5.41) is 0. The molecule has 4 fully saturated rings. The average Bonchev–Trinajstić information content (AvgIpc) is 3.23. The summed E-state index contributed by atoms with van der Waals surface area (Å²) < 4.78 is 6.12. The molecule has 5 aliphatic carbocycles. The molecular formula is C22H26O3. The van der Waals surface area contributed by atoms with Crippen molar-refractivity contribution in [2.24, 2.45) is 40.9 Å². The van der Waals surface area contributed by atoms with Crippen LogP contribution in [-0.2, 0) is 14.3 Å². The molecule has 0 radical (unpaired) electrons. The number of hydrogen-bond acceptors (Lipinski definition) is 3. The Bertz CT molecular complexity index is 748. The van der Waals surface area contributed by atoms with Crippen LogP contribution in [0.15, 0.2) is 23.8 Å². The lowest BCUT2D eigenvalue weighted by Crippen LogP contribution is -2.54. The lowest BCUT2D eigenvalue weighted by atomic mass is 9.50. The highest BCUT2D eigenvalue weighted by molar-refractivity contribution is 5.92. The third-order valence-corrected chi connectivity index (χ3v) is 8.99. The Morgan fingerprint density at radius 1 is 1.12 bits per heavy atom. The zero-order valence-electron chi connectivity index (χ0n) is 14.9. The Labute approximate surface area is 148 Å². The van der Waals surface area contributed by atoms with Gasteiger partial charge in [0.2, 0.25) is 0 Å². The van der Waals surface area contributed by atoms with E-state index in [9.17, 15) is 9.59 Å². The van der Waals surface area contributed by atoms with Gasteiger partial charge in [-0.2, -0.15) is 0 Å². The molecule has 132 valence electrons. The molecule has 0 bridgehead atoms. The van der Waals surface area contributed by atoms with E-state index in [0.29, 0.717) is 41.8 Å². The van der Waals surface area contributed by atoms with Crippen molar-refractivity contribution in [3.8, 4) is 0 Å². The van der Waals surface area contributed by atoms with E-state index in [2.05, 4.69) is 19.1 Å². The van der Waals surface area contributed by atoms with Crippen LogP contribution in [-0.4, -0.2) is 17.4 Å². The maximum Gasteiger partial charge on any atom is 0.306 e. The average molecular weight is 338 g/mol. The summed E-state index contributed by atoms with van der Waals surface area (Å²) in [4.78, 5) is 23.8. The van der Waals surface area contributed by atoms with Gasteiger partial charge >= 0.3 is 5.97 Å². The van der Waals surface area contributed by atoms with Crippen LogP contribution in [0.2, 0.25) is 0 Å². The van der Waals surface area contributed by atoms with Crippen LogP contribution in [0, 0.1) is 40.9 Å². The van der Waals surface area contributed by atoms with Gasteiger partial charge in [-0.1, -0.05) is 19.1 Å². The molecule has 0 aromatic carbocycles. The Morgan fingerprint density at radius 2 is 2.00 bits per heavy atom. The van der Waals surface area contributed by atoms with Gasteiger partial charge in [-0.15, -0.1) is 0 Å². The molecule has 6 aliphatic rings. The second-order valence-corrected chi connectivity index (χ2v) is 9.71. The number of esters is 1. The van der Waals surface area contributed by atoms with Crippen molar-refractivity contribution >= 4 is 11.8 Å². The van der Waals surface area contributed by atoms with Crippen molar-refractivity contribution < 1.29 is 14.3 Å². The Kier molecular flexibility index (Phi) is 2.64. The number of ether oxygens (including phenoxy) is 1. The van der Waals surface area contributed by atoms with E-state index in [1.807, 2.05) is 6.08 Å². The maximum absolute atomic E-state index is 12.0. The molecule has 1 aliphatic heterocycles. The SMILES string of the molecule is C[C@]12CCC3C4CCC(=O)C=C4C=CC3C1[C@H]1C[C@H]1C21CCC(=O)O1. The predicted octanol–water partition coefficient (Wildman–Crippen LogP) is 3.84. The van der Waals surface area contributed by atoms with Crippen LogP contribution >= 0.6 is 0 Å². The number of allylic oxidation sites excluding steroid dienone is 4. The molecule has 0 aromatic heterocycles. The topological polar surface area (TPSA) is 43.4 Å². The molecule has 3 saturated carbocycles. The number of carbonyl (C=O) groups is 2. The number of ketones is 1. The number of fused-ring (bicyclic) bond motifs is 9. The number of rotatable bonds is 0. The van der Waals surface area contributed by atoms with Crippen molar-refractivity contribution in [3.05, 3.63) is 23.8 Å². The molecular weight excluding hydrogens is 312 g/mol. The fraction of sp³-hybridized carbons (Fsp3) is 0.727. The fourth-order valence-corrected chi connectivity index (χ4v) is 8.01. The summed E-state index contributed by atoms with van der Waals surface area (Å²) in [6.07, 6.45) is 13.6. The van der Waals surface area contributed by atoms with E-state index in [1.54, 1.807) is 0 Å². The van der Waals surface area contributed by atoms with E-state index in [-0.39, 0.29) is 17.0 Å². The van der Waals surface area contributed by atoms with Crippen LogP contribution in [0.3, 0.4) is 0 Å². The van der Waals surface area contributed by atoms with Crippen LogP contribution in [0.1, 0.15) is 51.9 Å². The summed E-state index contributed by atoms with van der Waals surface area (Å²) >= 11 is 0. The quantitative estimate of drug-likeness (QED) is 0.630. The minimum absolute atomic E-state index is 0.0323. The first kappa shape index (κ1) is 14.8. The van der Waals surface area contributed by atoms with Crippen molar-refractivity contribution in [2.75, 3.05) is 0 Å². The van der Waals surface area contributed by atoms with Crippen LogP contribution in [0.5, 0.6) is 0 Å². The molecule has 6 rings (SSSR count). The van der Waals surface area contributed by atoms with Gasteiger partial charge in [0, 0.05) is 24.2 Å². The van der Waals surface area contributed by atoms with Crippen LogP contribution in [0.25, 0.3) is 0 Å². The Morgan fingerprint density at radius 3 is 2.80 bits per heavy atom. The van der Waals surface area contributed by atoms with E-state index in [4.69, 9.17) is 4.74 Å². The minimum Gasteiger partial charge on any atom is -0.458 e. The van der Waals surface area contributed by atoms with Crippen molar-refractivity contribution in [2.45, 2.75) is 57.5 Å². The van der Waals surface area contributed by atoms with Gasteiger partial charge < -0.3 is 4.74 Å². The lowest BCUT2D eigenvalue weighted by Gasteiger charge is -2.55. The minimum atomic E-state index is -0.156. The van der Waals surface area contributed by atoms with Gasteiger partial charge in [0.25, 0.3) is 0 Å². The second kappa shape index (κ2) is 4.47. The molecule has 0 N–H and O–H groups in total. The first-order valence-corrected chi connectivity index (χ1v) is 10.2. The molecule has 3 nitrogen and oxygen atoms in total. The predicted molar refractivity (Wildman–Crippen MR) is 92.4 cm³/mol. The molecule has 1 saturated heterocycles. The van der Waals surface area contributed by atoms with Crippen molar-refractivity contribution in [3.63, 3.8) is 0 Å². The lowest BCUT2D eigenvalue weighted by molar-refractivity contribution is -0.171. The van der Waals surface area contributed by atoms with Crippen LogP contribution in [0.4, 0.5) is 0 Å². The second-order valence-electron chi connectivity index (χ2n) is 9.71. The monoisotopic (exact) mass is 338 g/mol. The van der Waals surface area contributed by atoms with Gasteiger partial charge in [0.15, 0.2) is 5.78 Å². The summed E-state index contributed by atoms with van der Waals surface area (Å²) in [6.45, 7) is 2.43. The Balaban J connectivity index is 1.41. The molecule has 0 amide bonds. The van der Waals surface area contributed by atoms with E-state index >= 15 is 0 Å². The largest absolute Gasteiger partial charge is 0.458 e. The molecule has 5 unspecified atom stereocenters. The zero-order chi connectivity index (χ0) is 17.0. The highest BCUT2D eigenvalue weighted by Crippen LogP contribution is 2.77. The molecule has 1 heterocycles. The van der Waals surface area contributed by atoms with Gasteiger partial charge in [-0.3, -0.25) is 9.59 Å².